The van der Waals surface area contributed by atoms with Gasteiger partial charge < -0.3 is 5.32 Å². The van der Waals surface area contributed by atoms with Gasteiger partial charge in [0.05, 0.1) is 5.56 Å². The minimum atomic E-state index is -0.557. The van der Waals surface area contributed by atoms with Gasteiger partial charge in [-0.05, 0) is 35.9 Å². The molecule has 0 spiro atoms. The number of nitrogens with zero attached hydrogens (tertiary/aromatic N) is 3. The van der Waals surface area contributed by atoms with Gasteiger partial charge in [-0.1, -0.05) is 0 Å². The van der Waals surface area contributed by atoms with Gasteiger partial charge in [-0.15, -0.1) is 0 Å². The highest BCUT2D eigenvalue weighted by molar-refractivity contribution is 6.28. The van der Waals surface area contributed by atoms with Crippen LogP contribution in [0.3, 0.4) is 0 Å². The van der Waals surface area contributed by atoms with Crippen LogP contribution < -0.4 is 5.32 Å². The van der Waals surface area contributed by atoms with Gasteiger partial charge in [0.1, 0.15) is 17.7 Å². The van der Waals surface area contributed by atoms with E-state index in [1.807, 2.05) is 0 Å². The van der Waals surface area contributed by atoms with Crippen LogP contribution in [0.1, 0.15) is 5.56 Å². The summed E-state index contributed by atoms with van der Waals surface area (Å²) in [5.41, 5.74) is 0.521. The summed E-state index contributed by atoms with van der Waals surface area (Å²) in [7, 11) is 0. The quantitative estimate of drug-likeness (QED) is 0.830. The molecule has 0 aliphatic heterocycles. The van der Waals surface area contributed by atoms with Crippen molar-refractivity contribution in [1.82, 2.24) is 9.97 Å². The summed E-state index contributed by atoms with van der Waals surface area (Å²) >= 11 is 5.62. The lowest BCUT2D eigenvalue weighted by Gasteiger charge is -2.05. The molecule has 0 aliphatic rings. The lowest BCUT2D eigenvalue weighted by molar-refractivity contribution is 0.624. The van der Waals surface area contributed by atoms with Crippen molar-refractivity contribution in [2.24, 2.45) is 0 Å². The molecule has 17 heavy (non-hydrogen) atoms. The number of aromatic nitrogens is 2. The molecule has 84 valence electrons. The third kappa shape index (κ3) is 2.68. The van der Waals surface area contributed by atoms with Crippen LogP contribution >= 0.6 is 11.6 Å². The molecule has 2 rings (SSSR count). The van der Waals surface area contributed by atoms with E-state index in [0.717, 1.165) is 0 Å². The number of hydrogen-bond acceptors (Lipinski definition) is 4. The molecular weight excluding hydrogens is 243 g/mol. The molecule has 0 bridgehead atoms. The molecule has 1 aromatic heterocycles. The van der Waals surface area contributed by atoms with Gasteiger partial charge >= 0.3 is 0 Å². The van der Waals surface area contributed by atoms with Crippen LogP contribution in [-0.2, 0) is 0 Å². The fourth-order valence-corrected chi connectivity index (χ4v) is 1.39. The number of anilines is 2. The summed E-state index contributed by atoms with van der Waals surface area (Å²) in [6.07, 6.45) is 1.49. The Hall–Kier alpha value is -2.19. The third-order valence-corrected chi connectivity index (χ3v) is 2.17. The molecule has 0 radical (unpaired) electrons. The van der Waals surface area contributed by atoms with Crippen LogP contribution in [-0.4, -0.2) is 9.97 Å². The summed E-state index contributed by atoms with van der Waals surface area (Å²) in [6, 6.07) is 7.48. The molecule has 0 saturated heterocycles. The lowest BCUT2D eigenvalue weighted by atomic mass is 10.2. The van der Waals surface area contributed by atoms with Crippen LogP contribution in [0.5, 0.6) is 0 Å². The van der Waals surface area contributed by atoms with Gasteiger partial charge in [0, 0.05) is 11.9 Å². The molecule has 4 nitrogen and oxygen atoms in total. The molecule has 1 N–H and O–H groups in total. The number of nitrogens with one attached hydrogen (secondary N) is 1. The topological polar surface area (TPSA) is 61.6 Å². The second-order valence-electron chi connectivity index (χ2n) is 3.14. The molecule has 0 unspecified atom stereocenters. The molecule has 6 heteroatoms. The van der Waals surface area contributed by atoms with Crippen molar-refractivity contribution in [2.75, 3.05) is 5.32 Å². The van der Waals surface area contributed by atoms with Crippen LogP contribution in [0.25, 0.3) is 0 Å². The Labute approximate surface area is 102 Å². The Balaban J connectivity index is 2.28. The van der Waals surface area contributed by atoms with E-state index in [0.29, 0.717) is 11.5 Å². The van der Waals surface area contributed by atoms with E-state index in [1.165, 1.54) is 24.4 Å². The number of benzene rings is 1. The second kappa shape index (κ2) is 4.76. The maximum Gasteiger partial charge on any atom is 0.224 e. The predicted molar refractivity (Wildman–Crippen MR) is 61.4 cm³/mol. The zero-order valence-corrected chi connectivity index (χ0v) is 9.24. The molecule has 0 amide bonds. The van der Waals surface area contributed by atoms with E-state index in [9.17, 15) is 4.39 Å². The number of nitriles is 1. The maximum atomic E-state index is 13.1. The zero-order chi connectivity index (χ0) is 12.3. The van der Waals surface area contributed by atoms with Crippen molar-refractivity contribution in [3.05, 3.63) is 47.1 Å². The fraction of sp³-hybridized carbons (Fsp3) is 0. The van der Waals surface area contributed by atoms with E-state index in [-0.39, 0.29) is 10.8 Å². The first kappa shape index (κ1) is 11.3. The minimum absolute atomic E-state index is 0.0323. The maximum absolute atomic E-state index is 13.1. The van der Waals surface area contributed by atoms with Crippen molar-refractivity contribution in [1.29, 1.82) is 5.26 Å². The van der Waals surface area contributed by atoms with Crippen molar-refractivity contribution >= 4 is 23.1 Å². The van der Waals surface area contributed by atoms with Crippen LogP contribution in [0.15, 0.2) is 30.5 Å². The molecule has 2 aromatic rings. The zero-order valence-electron chi connectivity index (χ0n) is 8.48. The standard InChI is InChI=1S/C11H6ClFN4/c12-11-15-4-3-10(17-11)16-8-1-2-9(13)7(5-8)6-14/h1-5H,(H,15,16,17). The predicted octanol–water partition coefficient (Wildman–Crippen LogP) is 2.88. The highest BCUT2D eigenvalue weighted by Crippen LogP contribution is 2.18. The van der Waals surface area contributed by atoms with E-state index < -0.39 is 5.82 Å². The van der Waals surface area contributed by atoms with Gasteiger partial charge in [-0.2, -0.15) is 5.26 Å². The fourth-order valence-electron chi connectivity index (χ4n) is 1.24. The van der Waals surface area contributed by atoms with Crippen molar-refractivity contribution < 1.29 is 4.39 Å². The molecule has 1 heterocycles. The van der Waals surface area contributed by atoms with Gasteiger partial charge in [0.2, 0.25) is 5.28 Å². The number of halogens is 2. The Morgan fingerprint density at radius 3 is 2.88 bits per heavy atom. The normalized spacial score (nSPS) is 9.71. The first-order valence-corrected chi connectivity index (χ1v) is 5.02. The number of rotatable bonds is 2. The molecular formula is C11H6ClFN4. The van der Waals surface area contributed by atoms with Gasteiger partial charge in [-0.25, -0.2) is 14.4 Å². The molecule has 0 fully saturated rings. The summed E-state index contributed by atoms with van der Waals surface area (Å²) in [4.78, 5) is 7.64. The van der Waals surface area contributed by atoms with Crippen LogP contribution in [0, 0.1) is 17.1 Å². The van der Waals surface area contributed by atoms with Crippen LogP contribution in [0.4, 0.5) is 15.9 Å². The monoisotopic (exact) mass is 248 g/mol. The van der Waals surface area contributed by atoms with Crippen molar-refractivity contribution in [3.63, 3.8) is 0 Å². The average Bonchev–Trinajstić information content (AvgIpc) is 2.32. The second-order valence-corrected chi connectivity index (χ2v) is 3.48. The lowest BCUT2D eigenvalue weighted by Crippen LogP contribution is -1.95. The van der Waals surface area contributed by atoms with Crippen molar-refractivity contribution in [2.45, 2.75) is 0 Å². The molecule has 0 atom stereocenters. The highest BCUT2D eigenvalue weighted by Gasteiger charge is 2.03. The Morgan fingerprint density at radius 2 is 2.18 bits per heavy atom. The minimum Gasteiger partial charge on any atom is -0.340 e. The van der Waals surface area contributed by atoms with E-state index in [2.05, 4.69) is 15.3 Å². The number of hydrogen-bond donors (Lipinski definition) is 1. The van der Waals surface area contributed by atoms with E-state index in [4.69, 9.17) is 16.9 Å². The van der Waals surface area contributed by atoms with Gasteiger partial charge in [0.25, 0.3) is 0 Å². The van der Waals surface area contributed by atoms with E-state index in [1.54, 1.807) is 12.1 Å². The molecule has 0 saturated carbocycles. The Kier molecular flexibility index (Phi) is 3.17. The largest absolute Gasteiger partial charge is 0.340 e. The first-order valence-electron chi connectivity index (χ1n) is 4.64. The SMILES string of the molecule is N#Cc1cc(Nc2ccnc(Cl)n2)ccc1F. The summed E-state index contributed by atoms with van der Waals surface area (Å²) in [5.74, 6) is -0.0840. The van der Waals surface area contributed by atoms with Crippen molar-refractivity contribution in [3.8, 4) is 6.07 Å². The summed E-state index contributed by atoms with van der Waals surface area (Å²) in [5, 5.41) is 11.7. The summed E-state index contributed by atoms with van der Waals surface area (Å²) in [6.45, 7) is 0. The highest BCUT2D eigenvalue weighted by atomic mass is 35.5. The summed E-state index contributed by atoms with van der Waals surface area (Å²) < 4.78 is 13.1. The van der Waals surface area contributed by atoms with Gasteiger partial charge in [0.15, 0.2) is 0 Å². The van der Waals surface area contributed by atoms with Crippen LogP contribution in [0.2, 0.25) is 5.28 Å². The Morgan fingerprint density at radius 1 is 1.35 bits per heavy atom. The Bertz CT molecular complexity index is 594. The third-order valence-electron chi connectivity index (χ3n) is 1.99. The average molecular weight is 249 g/mol. The van der Waals surface area contributed by atoms with Gasteiger partial charge in [-0.3, -0.25) is 0 Å². The van der Waals surface area contributed by atoms with E-state index >= 15 is 0 Å². The molecule has 0 aliphatic carbocycles. The smallest absolute Gasteiger partial charge is 0.224 e. The first-order chi connectivity index (χ1) is 8.19. The molecule has 1 aromatic carbocycles.